The third-order valence-electron chi connectivity index (χ3n) is 1.97. The molecule has 0 aromatic carbocycles. The minimum atomic E-state index is 1.13. The third-order valence-corrected chi connectivity index (χ3v) is 1.97. The zero-order chi connectivity index (χ0) is 8.10. The van der Waals surface area contributed by atoms with Crippen LogP contribution in [0.15, 0.2) is 11.6 Å². The summed E-state index contributed by atoms with van der Waals surface area (Å²) in [5, 5.41) is 3.34. The highest BCUT2D eigenvalue weighted by atomic mass is 15.2. The Balaban J connectivity index is 2.19. The minimum absolute atomic E-state index is 1.13. The van der Waals surface area contributed by atoms with Gasteiger partial charge in [-0.1, -0.05) is 11.6 Å². The van der Waals surface area contributed by atoms with Crippen LogP contribution >= 0.6 is 0 Å². The van der Waals surface area contributed by atoms with Crippen molar-refractivity contribution in [1.82, 2.24) is 10.2 Å². The molecule has 1 rings (SSSR count). The second-order valence-corrected chi connectivity index (χ2v) is 3.33. The normalized spacial score (nSPS) is 19.8. The van der Waals surface area contributed by atoms with Crippen LogP contribution in [0.1, 0.15) is 13.8 Å². The van der Waals surface area contributed by atoms with Gasteiger partial charge < -0.3 is 5.32 Å². The van der Waals surface area contributed by atoms with Crippen LogP contribution in [0.4, 0.5) is 0 Å². The topological polar surface area (TPSA) is 15.3 Å². The molecule has 0 radical (unpaired) electrons. The standard InChI is InChI=1S/C9H18N2/c1-9(2)3-6-11-7-4-10-5-8-11/h3,10H,4-8H2,1-2H3. The molecule has 1 N–H and O–H groups in total. The van der Waals surface area contributed by atoms with E-state index in [9.17, 15) is 0 Å². The van der Waals surface area contributed by atoms with Crippen molar-refractivity contribution in [1.29, 1.82) is 0 Å². The van der Waals surface area contributed by atoms with Gasteiger partial charge in [0.05, 0.1) is 0 Å². The summed E-state index contributed by atoms with van der Waals surface area (Å²) in [5.41, 5.74) is 1.42. The largest absolute Gasteiger partial charge is 0.314 e. The van der Waals surface area contributed by atoms with E-state index >= 15 is 0 Å². The molecule has 0 aliphatic carbocycles. The Hall–Kier alpha value is -0.340. The van der Waals surface area contributed by atoms with E-state index in [1.165, 1.54) is 18.7 Å². The first kappa shape index (κ1) is 8.75. The van der Waals surface area contributed by atoms with Crippen molar-refractivity contribution >= 4 is 0 Å². The second-order valence-electron chi connectivity index (χ2n) is 3.33. The highest BCUT2D eigenvalue weighted by Crippen LogP contribution is 1.95. The number of hydrogen-bond donors (Lipinski definition) is 1. The maximum Gasteiger partial charge on any atom is 0.0166 e. The van der Waals surface area contributed by atoms with E-state index < -0.39 is 0 Å². The molecule has 2 nitrogen and oxygen atoms in total. The second kappa shape index (κ2) is 4.52. The van der Waals surface area contributed by atoms with Crippen LogP contribution < -0.4 is 5.32 Å². The van der Waals surface area contributed by atoms with Crippen molar-refractivity contribution in [3.8, 4) is 0 Å². The Bertz CT molecular complexity index is 130. The average Bonchev–Trinajstić information content (AvgIpc) is 2.03. The van der Waals surface area contributed by atoms with E-state index in [1.807, 2.05) is 0 Å². The molecule has 0 spiro atoms. The van der Waals surface area contributed by atoms with E-state index in [2.05, 4.69) is 30.1 Å². The zero-order valence-electron chi connectivity index (χ0n) is 7.56. The number of piperazine rings is 1. The summed E-state index contributed by atoms with van der Waals surface area (Å²) < 4.78 is 0. The summed E-state index contributed by atoms with van der Waals surface area (Å²) in [7, 11) is 0. The summed E-state index contributed by atoms with van der Waals surface area (Å²) in [6.45, 7) is 10.1. The first-order valence-corrected chi connectivity index (χ1v) is 4.35. The van der Waals surface area contributed by atoms with Gasteiger partial charge in [-0.15, -0.1) is 0 Å². The maximum absolute atomic E-state index is 3.34. The molecule has 1 heterocycles. The summed E-state index contributed by atoms with van der Waals surface area (Å²) in [6.07, 6.45) is 2.30. The van der Waals surface area contributed by atoms with Gasteiger partial charge in [-0.3, -0.25) is 4.90 Å². The fourth-order valence-electron chi connectivity index (χ4n) is 1.21. The van der Waals surface area contributed by atoms with Gasteiger partial charge in [0.1, 0.15) is 0 Å². The molecule has 1 aliphatic rings. The number of hydrogen-bond acceptors (Lipinski definition) is 2. The molecule has 1 aliphatic heterocycles. The third kappa shape index (κ3) is 3.54. The average molecular weight is 154 g/mol. The molecule has 2 heteroatoms. The van der Waals surface area contributed by atoms with Gasteiger partial charge in [0, 0.05) is 32.7 Å². The molecular formula is C9H18N2. The molecule has 0 saturated carbocycles. The molecule has 0 aromatic rings. The number of nitrogens with zero attached hydrogens (tertiary/aromatic N) is 1. The van der Waals surface area contributed by atoms with Crippen molar-refractivity contribution in [2.75, 3.05) is 32.7 Å². The highest BCUT2D eigenvalue weighted by molar-refractivity contribution is 4.95. The molecule has 11 heavy (non-hydrogen) atoms. The first-order valence-electron chi connectivity index (χ1n) is 4.35. The van der Waals surface area contributed by atoms with Crippen molar-refractivity contribution in [3.05, 3.63) is 11.6 Å². The molecular weight excluding hydrogens is 136 g/mol. The maximum atomic E-state index is 3.34. The molecule has 0 amide bonds. The summed E-state index contributed by atoms with van der Waals surface area (Å²) >= 11 is 0. The van der Waals surface area contributed by atoms with Crippen molar-refractivity contribution in [2.45, 2.75) is 13.8 Å². The van der Waals surface area contributed by atoms with Gasteiger partial charge in [0.25, 0.3) is 0 Å². The molecule has 1 saturated heterocycles. The van der Waals surface area contributed by atoms with Gasteiger partial charge in [-0.05, 0) is 13.8 Å². The fraction of sp³-hybridized carbons (Fsp3) is 0.778. The number of rotatable bonds is 2. The Morgan fingerprint density at radius 2 is 2.00 bits per heavy atom. The van der Waals surface area contributed by atoms with Gasteiger partial charge in [0.2, 0.25) is 0 Å². The first-order chi connectivity index (χ1) is 5.29. The van der Waals surface area contributed by atoms with Crippen LogP contribution in [0.25, 0.3) is 0 Å². The fourth-order valence-corrected chi connectivity index (χ4v) is 1.21. The molecule has 0 bridgehead atoms. The Labute approximate surface area is 69.3 Å². The zero-order valence-corrected chi connectivity index (χ0v) is 7.56. The molecule has 1 fully saturated rings. The van der Waals surface area contributed by atoms with E-state index in [0.717, 1.165) is 19.6 Å². The SMILES string of the molecule is CC(C)=CCN1CCNCC1. The monoisotopic (exact) mass is 154 g/mol. The van der Waals surface area contributed by atoms with E-state index in [1.54, 1.807) is 0 Å². The Morgan fingerprint density at radius 1 is 1.36 bits per heavy atom. The van der Waals surface area contributed by atoms with Gasteiger partial charge in [-0.25, -0.2) is 0 Å². The van der Waals surface area contributed by atoms with E-state index in [0.29, 0.717) is 0 Å². The van der Waals surface area contributed by atoms with Gasteiger partial charge in [-0.2, -0.15) is 0 Å². The predicted octanol–water partition coefficient (Wildman–Crippen LogP) is 0.858. The lowest BCUT2D eigenvalue weighted by Gasteiger charge is -2.25. The van der Waals surface area contributed by atoms with E-state index in [-0.39, 0.29) is 0 Å². The number of nitrogens with one attached hydrogen (secondary N) is 1. The van der Waals surface area contributed by atoms with Crippen molar-refractivity contribution < 1.29 is 0 Å². The lowest BCUT2D eigenvalue weighted by atomic mass is 10.3. The predicted molar refractivity (Wildman–Crippen MR) is 48.7 cm³/mol. The van der Waals surface area contributed by atoms with Crippen LogP contribution in [0.3, 0.4) is 0 Å². The summed E-state index contributed by atoms with van der Waals surface area (Å²) in [5.74, 6) is 0. The van der Waals surface area contributed by atoms with Crippen molar-refractivity contribution in [2.24, 2.45) is 0 Å². The lowest BCUT2D eigenvalue weighted by molar-refractivity contribution is 0.264. The van der Waals surface area contributed by atoms with Crippen LogP contribution in [0.5, 0.6) is 0 Å². The lowest BCUT2D eigenvalue weighted by Crippen LogP contribution is -2.43. The van der Waals surface area contributed by atoms with Crippen LogP contribution in [0, 0.1) is 0 Å². The number of allylic oxidation sites excluding steroid dienone is 1. The Morgan fingerprint density at radius 3 is 2.55 bits per heavy atom. The smallest absolute Gasteiger partial charge is 0.0166 e. The highest BCUT2D eigenvalue weighted by Gasteiger charge is 2.06. The quantitative estimate of drug-likeness (QED) is 0.593. The van der Waals surface area contributed by atoms with Gasteiger partial charge >= 0.3 is 0 Å². The summed E-state index contributed by atoms with van der Waals surface area (Å²) in [4.78, 5) is 2.48. The molecule has 0 atom stereocenters. The van der Waals surface area contributed by atoms with Crippen molar-refractivity contribution in [3.63, 3.8) is 0 Å². The Kier molecular flexibility index (Phi) is 3.60. The minimum Gasteiger partial charge on any atom is -0.314 e. The van der Waals surface area contributed by atoms with Crippen LogP contribution in [-0.2, 0) is 0 Å². The van der Waals surface area contributed by atoms with Crippen LogP contribution in [-0.4, -0.2) is 37.6 Å². The molecule has 0 unspecified atom stereocenters. The summed E-state index contributed by atoms with van der Waals surface area (Å²) in [6, 6.07) is 0. The van der Waals surface area contributed by atoms with E-state index in [4.69, 9.17) is 0 Å². The van der Waals surface area contributed by atoms with Crippen LogP contribution in [0.2, 0.25) is 0 Å². The molecule has 0 aromatic heterocycles. The van der Waals surface area contributed by atoms with Gasteiger partial charge in [0.15, 0.2) is 0 Å². The molecule has 64 valence electrons.